The molecule has 1 amide bonds. The second-order valence-corrected chi connectivity index (χ2v) is 8.85. The number of fused-ring (bicyclic) bond motifs is 3. The third-order valence-corrected chi connectivity index (χ3v) is 7.14. The molecule has 1 N–H and O–H groups in total. The van der Waals surface area contributed by atoms with Crippen LogP contribution in [-0.4, -0.2) is 35.3 Å². The summed E-state index contributed by atoms with van der Waals surface area (Å²) in [6.07, 6.45) is 7.15. The summed E-state index contributed by atoms with van der Waals surface area (Å²) in [5, 5.41) is 5.12. The standard InChI is InChI=1S/C21H23N3O2S2/c1-26-15-8-6-14(7-9-15)10-11-22-18(25)12-27-20-19-16-4-2-3-5-17(16)28-21(19)24-13-23-20/h6-9,13H,2-5,10-12H2,1H3,(H,22,25). The molecule has 3 aromatic rings. The number of benzene rings is 1. The van der Waals surface area contributed by atoms with Gasteiger partial charge >= 0.3 is 0 Å². The molecule has 0 atom stereocenters. The Bertz CT molecular complexity index is 970. The fraction of sp³-hybridized carbons (Fsp3) is 0.381. The number of rotatable bonds is 7. The number of nitrogens with zero attached hydrogens (tertiary/aromatic N) is 2. The van der Waals surface area contributed by atoms with E-state index in [4.69, 9.17) is 4.74 Å². The highest BCUT2D eigenvalue weighted by atomic mass is 32.2. The summed E-state index contributed by atoms with van der Waals surface area (Å²) in [6, 6.07) is 7.93. The Balaban J connectivity index is 1.32. The van der Waals surface area contributed by atoms with E-state index < -0.39 is 0 Å². The van der Waals surface area contributed by atoms with Gasteiger partial charge in [0.15, 0.2) is 0 Å². The maximum absolute atomic E-state index is 12.3. The normalized spacial score (nSPS) is 13.3. The van der Waals surface area contributed by atoms with E-state index in [9.17, 15) is 4.79 Å². The SMILES string of the molecule is COc1ccc(CCNC(=O)CSc2ncnc3sc4c(c23)CCCC4)cc1. The average molecular weight is 414 g/mol. The summed E-state index contributed by atoms with van der Waals surface area (Å²) in [7, 11) is 1.66. The first-order chi connectivity index (χ1) is 13.7. The van der Waals surface area contributed by atoms with Gasteiger partial charge in [0.05, 0.1) is 12.9 Å². The first-order valence-electron chi connectivity index (χ1n) is 9.52. The van der Waals surface area contributed by atoms with Crippen molar-refractivity contribution < 1.29 is 9.53 Å². The van der Waals surface area contributed by atoms with E-state index in [0.717, 1.165) is 34.9 Å². The van der Waals surface area contributed by atoms with Crippen LogP contribution in [0.2, 0.25) is 0 Å². The molecule has 0 radical (unpaired) electrons. The zero-order valence-electron chi connectivity index (χ0n) is 15.9. The minimum absolute atomic E-state index is 0.0365. The van der Waals surface area contributed by atoms with Crippen LogP contribution in [-0.2, 0) is 24.1 Å². The summed E-state index contributed by atoms with van der Waals surface area (Å²) in [6.45, 7) is 0.624. The number of amides is 1. The van der Waals surface area contributed by atoms with Crippen molar-refractivity contribution in [1.29, 1.82) is 0 Å². The van der Waals surface area contributed by atoms with Gasteiger partial charge in [-0.05, 0) is 55.4 Å². The van der Waals surface area contributed by atoms with Gasteiger partial charge in [0.1, 0.15) is 21.9 Å². The molecule has 2 heterocycles. The maximum atomic E-state index is 12.3. The molecule has 0 aliphatic heterocycles. The van der Waals surface area contributed by atoms with Gasteiger partial charge < -0.3 is 10.1 Å². The topological polar surface area (TPSA) is 64.1 Å². The fourth-order valence-electron chi connectivity index (χ4n) is 3.49. The molecular weight excluding hydrogens is 390 g/mol. The Morgan fingerprint density at radius 2 is 2.04 bits per heavy atom. The monoisotopic (exact) mass is 413 g/mol. The van der Waals surface area contributed by atoms with Crippen molar-refractivity contribution >= 4 is 39.2 Å². The molecular formula is C21H23N3O2S2. The Morgan fingerprint density at radius 3 is 2.86 bits per heavy atom. The molecule has 28 heavy (non-hydrogen) atoms. The van der Waals surface area contributed by atoms with Crippen LogP contribution in [0.1, 0.15) is 28.8 Å². The number of methoxy groups -OCH3 is 1. The van der Waals surface area contributed by atoms with Gasteiger partial charge in [-0.1, -0.05) is 23.9 Å². The lowest BCUT2D eigenvalue weighted by Gasteiger charge is -2.11. The molecule has 2 aromatic heterocycles. The molecule has 0 saturated heterocycles. The van der Waals surface area contributed by atoms with Crippen molar-refractivity contribution in [1.82, 2.24) is 15.3 Å². The van der Waals surface area contributed by atoms with Crippen LogP contribution in [0.5, 0.6) is 5.75 Å². The number of aryl methyl sites for hydroxylation is 2. The van der Waals surface area contributed by atoms with Crippen LogP contribution in [0.4, 0.5) is 0 Å². The number of thiophene rings is 1. The molecule has 0 spiro atoms. The Labute approximate surface area is 172 Å². The number of thioether (sulfide) groups is 1. The minimum Gasteiger partial charge on any atom is -0.497 e. The summed E-state index contributed by atoms with van der Waals surface area (Å²) >= 11 is 3.30. The molecule has 5 nitrogen and oxygen atoms in total. The number of ether oxygens (including phenoxy) is 1. The summed E-state index contributed by atoms with van der Waals surface area (Å²) in [5.41, 5.74) is 2.59. The molecule has 1 aliphatic rings. The molecule has 1 aromatic carbocycles. The van der Waals surface area contributed by atoms with E-state index in [0.29, 0.717) is 12.3 Å². The molecule has 7 heteroatoms. The van der Waals surface area contributed by atoms with Crippen molar-refractivity contribution in [3.05, 3.63) is 46.6 Å². The Hall–Kier alpha value is -2.12. The smallest absolute Gasteiger partial charge is 0.230 e. The van der Waals surface area contributed by atoms with Crippen molar-refractivity contribution in [3.8, 4) is 5.75 Å². The fourth-order valence-corrected chi connectivity index (χ4v) is 5.64. The molecule has 0 fully saturated rings. The van der Waals surface area contributed by atoms with Crippen LogP contribution in [0.25, 0.3) is 10.2 Å². The van der Waals surface area contributed by atoms with Crippen LogP contribution >= 0.6 is 23.1 Å². The van der Waals surface area contributed by atoms with Crippen LogP contribution in [0.3, 0.4) is 0 Å². The third kappa shape index (κ3) is 4.31. The summed E-state index contributed by atoms with van der Waals surface area (Å²) in [5.74, 6) is 1.25. The molecule has 1 aliphatic carbocycles. The van der Waals surface area contributed by atoms with Gasteiger partial charge in [-0.15, -0.1) is 11.3 Å². The van der Waals surface area contributed by atoms with Crippen LogP contribution < -0.4 is 10.1 Å². The predicted octanol–water partition coefficient (Wildman–Crippen LogP) is 4.03. The molecule has 4 rings (SSSR count). The maximum Gasteiger partial charge on any atom is 0.230 e. The lowest BCUT2D eigenvalue weighted by molar-refractivity contribution is -0.118. The number of nitrogens with one attached hydrogen (secondary N) is 1. The van der Waals surface area contributed by atoms with E-state index in [-0.39, 0.29) is 5.91 Å². The summed E-state index contributed by atoms with van der Waals surface area (Å²) in [4.78, 5) is 23.7. The lowest BCUT2D eigenvalue weighted by atomic mass is 9.97. The van der Waals surface area contributed by atoms with Crippen molar-refractivity contribution in [2.75, 3.05) is 19.4 Å². The van der Waals surface area contributed by atoms with E-state index in [1.807, 2.05) is 24.3 Å². The first-order valence-corrected chi connectivity index (χ1v) is 11.3. The number of carbonyl (C=O) groups is 1. The van der Waals surface area contributed by atoms with Crippen molar-refractivity contribution in [3.63, 3.8) is 0 Å². The number of hydrogen-bond donors (Lipinski definition) is 1. The van der Waals surface area contributed by atoms with Crippen LogP contribution in [0.15, 0.2) is 35.6 Å². The van der Waals surface area contributed by atoms with Crippen molar-refractivity contribution in [2.45, 2.75) is 37.1 Å². The van der Waals surface area contributed by atoms with E-state index >= 15 is 0 Å². The first kappa shape index (κ1) is 19.2. The Kier molecular flexibility index (Phi) is 6.12. The highest BCUT2D eigenvalue weighted by Gasteiger charge is 2.20. The van der Waals surface area contributed by atoms with E-state index in [1.165, 1.54) is 46.0 Å². The van der Waals surface area contributed by atoms with Gasteiger partial charge in [0.25, 0.3) is 0 Å². The average Bonchev–Trinajstić information content (AvgIpc) is 3.12. The molecule has 0 unspecified atom stereocenters. The van der Waals surface area contributed by atoms with Gasteiger partial charge in [0, 0.05) is 16.8 Å². The highest BCUT2D eigenvalue weighted by Crippen LogP contribution is 2.39. The largest absolute Gasteiger partial charge is 0.497 e. The van der Waals surface area contributed by atoms with E-state index in [2.05, 4.69) is 15.3 Å². The zero-order valence-corrected chi connectivity index (χ0v) is 17.5. The van der Waals surface area contributed by atoms with E-state index in [1.54, 1.807) is 24.8 Å². The quantitative estimate of drug-likeness (QED) is 0.468. The molecule has 0 bridgehead atoms. The number of carbonyl (C=O) groups excluding carboxylic acids is 1. The Morgan fingerprint density at radius 1 is 1.21 bits per heavy atom. The van der Waals surface area contributed by atoms with Gasteiger partial charge in [-0.2, -0.15) is 0 Å². The van der Waals surface area contributed by atoms with Crippen LogP contribution in [0, 0.1) is 0 Å². The van der Waals surface area contributed by atoms with Gasteiger partial charge in [-0.3, -0.25) is 4.79 Å². The van der Waals surface area contributed by atoms with Crippen molar-refractivity contribution in [2.24, 2.45) is 0 Å². The molecule has 0 saturated carbocycles. The second-order valence-electron chi connectivity index (χ2n) is 6.81. The lowest BCUT2D eigenvalue weighted by Crippen LogP contribution is -2.27. The summed E-state index contributed by atoms with van der Waals surface area (Å²) < 4.78 is 5.16. The third-order valence-electron chi connectivity index (χ3n) is 4.95. The number of aromatic nitrogens is 2. The highest BCUT2D eigenvalue weighted by molar-refractivity contribution is 8.00. The zero-order chi connectivity index (χ0) is 19.3. The second kappa shape index (κ2) is 8.92. The van der Waals surface area contributed by atoms with Gasteiger partial charge in [-0.25, -0.2) is 9.97 Å². The number of hydrogen-bond acceptors (Lipinski definition) is 6. The molecule has 146 valence electrons. The minimum atomic E-state index is 0.0365. The predicted molar refractivity (Wildman–Crippen MR) is 114 cm³/mol. The van der Waals surface area contributed by atoms with Gasteiger partial charge in [0.2, 0.25) is 5.91 Å².